The van der Waals surface area contributed by atoms with Crippen molar-refractivity contribution in [1.82, 2.24) is 0 Å². The normalized spacial score (nSPS) is 12.8. The van der Waals surface area contributed by atoms with Gasteiger partial charge in [-0.15, -0.1) is 22.7 Å². The average Bonchev–Trinajstić information content (AvgIpc) is 2.98. The van der Waals surface area contributed by atoms with E-state index >= 15 is 0 Å². The zero-order valence-corrected chi connectivity index (χ0v) is 14.0. The van der Waals surface area contributed by atoms with Crippen molar-refractivity contribution >= 4 is 59.6 Å². The van der Waals surface area contributed by atoms with Crippen LogP contribution in [0.3, 0.4) is 0 Å². The van der Waals surface area contributed by atoms with E-state index in [-0.39, 0.29) is 4.83 Å². The molecule has 0 bridgehead atoms. The lowest BCUT2D eigenvalue weighted by Gasteiger charge is -2.11. The molecule has 0 radical (unpaired) electrons. The number of thiophene rings is 2. The molecule has 0 fully saturated rings. The van der Waals surface area contributed by atoms with Crippen LogP contribution >= 0.6 is 50.2 Å². The minimum Gasteiger partial charge on any atom is -0.497 e. The predicted octanol–water partition coefficient (Wildman–Crippen LogP) is 6.11. The molecule has 5 heteroatoms. The number of hydrogen-bond donors (Lipinski definition) is 0. The lowest BCUT2D eigenvalue weighted by Crippen LogP contribution is -1.92. The second-order valence-corrected chi connectivity index (χ2v) is 7.43. The quantitative estimate of drug-likeness (QED) is 0.503. The van der Waals surface area contributed by atoms with Gasteiger partial charge in [-0.25, -0.2) is 0 Å². The predicted molar refractivity (Wildman–Crippen MR) is 88.5 cm³/mol. The summed E-state index contributed by atoms with van der Waals surface area (Å²) in [6.07, 6.45) is 0. The zero-order valence-electron chi connectivity index (χ0n) is 10.0. The highest BCUT2D eigenvalue weighted by Gasteiger charge is 2.17. The summed E-state index contributed by atoms with van der Waals surface area (Å²) < 4.78 is 7.83. The zero-order chi connectivity index (χ0) is 13.4. The molecule has 0 aliphatic carbocycles. The second-order valence-electron chi connectivity index (χ2n) is 4.05. The first-order valence-corrected chi connectivity index (χ1v) is 8.62. The van der Waals surface area contributed by atoms with Gasteiger partial charge in [-0.1, -0.05) is 33.6 Å². The van der Waals surface area contributed by atoms with Gasteiger partial charge < -0.3 is 4.74 Å². The number of halogens is 2. The number of hydrogen-bond acceptors (Lipinski definition) is 3. The molecular weight excluding hydrogens is 364 g/mol. The molecule has 1 unspecified atom stereocenters. The standard InChI is InChI=1S/C14H10BrClOS2/c1-17-8-2-3-9(10(16)6-8)14(15)13-7-12-11(19-13)4-5-18-12/h2-7,14H,1H3. The third-order valence-corrected chi connectivity index (χ3v) is 6.66. The van der Waals surface area contributed by atoms with Gasteiger partial charge in [0.05, 0.1) is 11.9 Å². The lowest BCUT2D eigenvalue weighted by molar-refractivity contribution is 0.414. The van der Waals surface area contributed by atoms with Crippen molar-refractivity contribution in [3.63, 3.8) is 0 Å². The molecule has 0 amide bonds. The Hall–Kier alpha value is -0.550. The summed E-state index contributed by atoms with van der Waals surface area (Å²) >= 11 is 13.6. The molecule has 1 nitrogen and oxygen atoms in total. The number of fused-ring (bicyclic) bond motifs is 1. The van der Waals surface area contributed by atoms with Crippen molar-refractivity contribution in [2.24, 2.45) is 0 Å². The highest BCUT2D eigenvalue weighted by Crippen LogP contribution is 2.42. The summed E-state index contributed by atoms with van der Waals surface area (Å²) in [4.78, 5) is 1.39. The minimum atomic E-state index is 0.121. The van der Waals surface area contributed by atoms with Crippen LogP contribution in [-0.4, -0.2) is 7.11 Å². The summed E-state index contributed by atoms with van der Waals surface area (Å²) in [6, 6.07) is 10.2. The molecule has 0 spiro atoms. The van der Waals surface area contributed by atoms with Crippen LogP contribution in [0.25, 0.3) is 9.40 Å². The van der Waals surface area contributed by atoms with Crippen LogP contribution in [0.15, 0.2) is 35.7 Å². The Kier molecular flexibility index (Phi) is 3.85. The first-order valence-electron chi connectivity index (χ1n) is 5.63. The molecule has 98 valence electrons. The Morgan fingerprint density at radius 1 is 1.21 bits per heavy atom. The van der Waals surface area contributed by atoms with Gasteiger partial charge >= 0.3 is 0 Å². The van der Waals surface area contributed by atoms with Crippen molar-refractivity contribution in [1.29, 1.82) is 0 Å². The molecule has 2 heterocycles. The summed E-state index contributed by atoms with van der Waals surface area (Å²) in [5, 5.41) is 2.84. The molecule has 0 aliphatic heterocycles. The fraction of sp³-hybridized carbons (Fsp3) is 0.143. The Bertz CT molecular complexity index is 691. The maximum Gasteiger partial charge on any atom is 0.120 e. The maximum atomic E-state index is 6.32. The van der Waals surface area contributed by atoms with Gasteiger partial charge in [0.15, 0.2) is 0 Å². The van der Waals surface area contributed by atoms with E-state index in [4.69, 9.17) is 16.3 Å². The molecule has 0 saturated heterocycles. The SMILES string of the molecule is COc1ccc(C(Br)c2cc3sccc3s2)c(Cl)c1. The van der Waals surface area contributed by atoms with Gasteiger partial charge in [0, 0.05) is 19.3 Å². The molecule has 2 aromatic heterocycles. The van der Waals surface area contributed by atoms with Crippen LogP contribution in [0.4, 0.5) is 0 Å². The number of alkyl halides is 1. The Balaban J connectivity index is 1.99. The Labute approximate surface area is 132 Å². The van der Waals surface area contributed by atoms with E-state index in [0.717, 1.165) is 16.3 Å². The van der Waals surface area contributed by atoms with Gasteiger partial charge in [-0.2, -0.15) is 0 Å². The van der Waals surface area contributed by atoms with E-state index in [1.165, 1.54) is 14.3 Å². The van der Waals surface area contributed by atoms with Crippen LogP contribution < -0.4 is 4.74 Å². The van der Waals surface area contributed by atoms with Crippen LogP contribution in [0.1, 0.15) is 15.3 Å². The summed E-state index contributed by atoms with van der Waals surface area (Å²) in [5.74, 6) is 0.778. The second kappa shape index (κ2) is 5.44. The number of benzene rings is 1. The number of ether oxygens (including phenoxy) is 1. The molecule has 1 aromatic carbocycles. The first-order chi connectivity index (χ1) is 9.19. The fourth-order valence-corrected chi connectivity index (χ4v) is 5.24. The van der Waals surface area contributed by atoms with E-state index in [9.17, 15) is 0 Å². The smallest absolute Gasteiger partial charge is 0.120 e. The van der Waals surface area contributed by atoms with Crippen molar-refractivity contribution in [2.45, 2.75) is 4.83 Å². The number of methoxy groups -OCH3 is 1. The third-order valence-electron chi connectivity index (χ3n) is 2.89. The van der Waals surface area contributed by atoms with E-state index in [2.05, 4.69) is 33.4 Å². The number of rotatable bonds is 3. The average molecular weight is 374 g/mol. The molecule has 0 aliphatic rings. The van der Waals surface area contributed by atoms with E-state index in [1.807, 2.05) is 18.2 Å². The van der Waals surface area contributed by atoms with E-state index in [0.29, 0.717) is 0 Å². The van der Waals surface area contributed by atoms with Gasteiger partial charge in [-0.05, 0) is 35.2 Å². The minimum absolute atomic E-state index is 0.121. The van der Waals surface area contributed by atoms with E-state index in [1.54, 1.807) is 29.8 Å². The Morgan fingerprint density at radius 2 is 2.05 bits per heavy atom. The third kappa shape index (κ3) is 2.55. The molecule has 0 N–H and O–H groups in total. The van der Waals surface area contributed by atoms with Gasteiger partial charge in [0.25, 0.3) is 0 Å². The largest absolute Gasteiger partial charge is 0.497 e. The highest BCUT2D eigenvalue weighted by molar-refractivity contribution is 9.09. The maximum absolute atomic E-state index is 6.32. The van der Waals surface area contributed by atoms with Crippen LogP contribution in [-0.2, 0) is 0 Å². The van der Waals surface area contributed by atoms with Crippen molar-refractivity contribution < 1.29 is 4.74 Å². The van der Waals surface area contributed by atoms with Crippen molar-refractivity contribution in [2.75, 3.05) is 7.11 Å². The fourth-order valence-electron chi connectivity index (χ4n) is 1.90. The molecule has 3 rings (SSSR count). The molecule has 19 heavy (non-hydrogen) atoms. The monoisotopic (exact) mass is 372 g/mol. The topological polar surface area (TPSA) is 9.23 Å². The molecular formula is C14H10BrClOS2. The van der Waals surface area contributed by atoms with Gasteiger partial charge in [0.2, 0.25) is 0 Å². The van der Waals surface area contributed by atoms with Gasteiger partial charge in [0.1, 0.15) is 5.75 Å². The van der Waals surface area contributed by atoms with Crippen LogP contribution in [0.5, 0.6) is 5.75 Å². The van der Waals surface area contributed by atoms with Crippen molar-refractivity contribution in [3.8, 4) is 5.75 Å². The summed E-state index contributed by atoms with van der Waals surface area (Å²) in [7, 11) is 1.64. The molecule has 1 atom stereocenters. The van der Waals surface area contributed by atoms with Crippen LogP contribution in [0, 0.1) is 0 Å². The highest BCUT2D eigenvalue weighted by atomic mass is 79.9. The lowest BCUT2D eigenvalue weighted by atomic mass is 10.1. The summed E-state index contributed by atoms with van der Waals surface area (Å²) in [6.45, 7) is 0. The van der Waals surface area contributed by atoms with Crippen LogP contribution in [0.2, 0.25) is 5.02 Å². The van der Waals surface area contributed by atoms with Crippen molar-refractivity contribution in [3.05, 3.63) is 51.2 Å². The van der Waals surface area contributed by atoms with Gasteiger partial charge in [-0.3, -0.25) is 0 Å². The molecule has 0 saturated carbocycles. The first kappa shape index (κ1) is 13.4. The summed E-state index contributed by atoms with van der Waals surface area (Å²) in [5.41, 5.74) is 1.07. The van der Waals surface area contributed by atoms with E-state index < -0.39 is 0 Å². The molecule has 3 aromatic rings. The Morgan fingerprint density at radius 3 is 2.74 bits per heavy atom.